The number of nitrogens with zero attached hydrogens (tertiary/aromatic N) is 4. The fraction of sp³-hybridized carbons (Fsp3) is 0.0392. The third kappa shape index (κ3) is 10.00. The highest BCUT2D eigenvalue weighted by atomic mass is 32.1. The average Bonchev–Trinajstić information content (AvgIpc) is 1.52. The van der Waals surface area contributed by atoms with Crippen LogP contribution in [0.15, 0.2) is 376 Å². The van der Waals surface area contributed by atoms with Gasteiger partial charge in [-0.3, -0.25) is 0 Å². The van der Waals surface area contributed by atoms with Gasteiger partial charge < -0.3 is 19.2 Å². The van der Waals surface area contributed by atoms with Gasteiger partial charge in [-0.1, -0.05) is 316 Å². The molecular weight excluding hydrogens is 1330 g/mol. The van der Waals surface area contributed by atoms with Gasteiger partial charge in [0.25, 0.3) is 0 Å². The second-order valence-corrected chi connectivity index (χ2v) is 31.0. The first-order valence-corrected chi connectivity index (χ1v) is 38.9. The van der Waals surface area contributed by atoms with Gasteiger partial charge in [0.2, 0.25) is 0 Å². The van der Waals surface area contributed by atoms with E-state index in [1.54, 1.807) is 0 Å². The smallest absolute Gasteiger partial charge is 0.361 e. The van der Waals surface area contributed by atoms with E-state index in [-0.39, 0.29) is 19.4 Å². The van der Waals surface area contributed by atoms with E-state index in [2.05, 4.69) is 408 Å². The molecule has 0 N–H and O–H groups in total. The van der Waals surface area contributed by atoms with Gasteiger partial charge in [0.1, 0.15) is 0 Å². The lowest BCUT2D eigenvalue weighted by Gasteiger charge is -2.47. The summed E-state index contributed by atoms with van der Waals surface area (Å²) in [6, 6.07) is 141. The number of benzene rings is 16. The van der Waals surface area contributed by atoms with Crippen LogP contribution in [0.2, 0.25) is 0 Å². The molecule has 4 aliphatic heterocycles. The molecule has 1 aromatic heterocycles. The summed E-state index contributed by atoms with van der Waals surface area (Å²) in [5, 5.41) is 2.58. The highest BCUT2D eigenvalue weighted by Gasteiger charge is 2.49. The van der Waals surface area contributed by atoms with Gasteiger partial charge >= 0.3 is 14.0 Å². The molecule has 1 aliphatic carbocycles. The van der Waals surface area contributed by atoms with E-state index in [0.717, 1.165) is 29.9 Å². The van der Waals surface area contributed by atoms with Crippen LogP contribution in [0.4, 0.5) is 45.5 Å². The number of thiophene rings is 1. The van der Waals surface area contributed by atoms with Crippen LogP contribution in [-0.4, -0.2) is 14.0 Å². The van der Waals surface area contributed by atoms with E-state index < -0.39 is 0 Å². The maximum absolute atomic E-state index is 2.65. The van der Waals surface area contributed by atoms with Crippen molar-refractivity contribution in [1.82, 2.24) is 0 Å². The molecule has 4 nitrogen and oxygen atoms in total. The zero-order chi connectivity index (χ0) is 71.8. The molecule has 0 amide bonds. The van der Waals surface area contributed by atoms with E-state index in [4.69, 9.17) is 0 Å². The van der Waals surface area contributed by atoms with E-state index in [9.17, 15) is 0 Å². The molecule has 0 saturated heterocycles. The van der Waals surface area contributed by atoms with E-state index >= 15 is 0 Å². The topological polar surface area (TPSA) is 13.0 Å². The second-order valence-electron chi connectivity index (χ2n) is 29.9. The summed E-state index contributed by atoms with van der Waals surface area (Å²) in [5.41, 5.74) is 38.5. The molecule has 0 bridgehead atoms. The van der Waals surface area contributed by atoms with Crippen LogP contribution < -0.4 is 30.2 Å². The van der Waals surface area contributed by atoms with Crippen molar-refractivity contribution in [2.24, 2.45) is 0 Å². The minimum absolute atomic E-state index is 0.124. The zero-order valence-electron chi connectivity index (χ0n) is 60.1. The first-order valence-electron chi connectivity index (χ1n) is 38.1. The fourth-order valence-electron chi connectivity index (χ4n) is 19.1. The second kappa shape index (κ2) is 25.2. The summed E-state index contributed by atoms with van der Waals surface area (Å²) >= 11 is 1.94. The number of para-hydroxylation sites is 6. The van der Waals surface area contributed by atoms with Crippen LogP contribution in [0.1, 0.15) is 40.3 Å². The molecular formula is C102H70B2N4S. The Labute approximate surface area is 640 Å². The molecule has 0 saturated carbocycles. The number of allylic oxidation sites excluding steroid dienone is 1. The Morgan fingerprint density at radius 2 is 0.725 bits per heavy atom. The molecule has 1 unspecified atom stereocenters. The van der Waals surface area contributed by atoms with Gasteiger partial charge in [0.05, 0.1) is 4.70 Å². The van der Waals surface area contributed by atoms with Crippen molar-refractivity contribution in [1.29, 1.82) is 0 Å². The summed E-state index contributed by atoms with van der Waals surface area (Å²) in [5.74, 6) is 0. The Morgan fingerprint density at radius 1 is 0.321 bits per heavy atom. The first-order chi connectivity index (χ1) is 54.0. The van der Waals surface area contributed by atoms with Gasteiger partial charge in [-0.05, 0) is 191 Å². The van der Waals surface area contributed by atoms with Gasteiger partial charge in [0, 0.05) is 88.6 Å². The van der Waals surface area contributed by atoms with Crippen LogP contribution in [0.3, 0.4) is 0 Å². The van der Waals surface area contributed by atoms with Crippen molar-refractivity contribution in [3.63, 3.8) is 0 Å². The Balaban J connectivity index is 0.603. The third-order valence-electron chi connectivity index (χ3n) is 24.0. The molecule has 5 heterocycles. The zero-order valence-corrected chi connectivity index (χ0v) is 61.0. The molecule has 16 aromatic carbocycles. The molecule has 17 aromatic rings. The summed E-state index contributed by atoms with van der Waals surface area (Å²) < 4.78 is 2.60. The lowest BCUT2D eigenvalue weighted by Crippen LogP contribution is -2.61. The molecule has 0 fully saturated rings. The lowest BCUT2D eigenvalue weighted by atomic mass is 9.53. The van der Waals surface area contributed by atoms with Gasteiger partial charge in [-0.2, -0.15) is 0 Å². The number of hydrogen-bond acceptors (Lipinski definition) is 5. The van der Waals surface area contributed by atoms with Crippen molar-refractivity contribution >= 4 is 114 Å². The summed E-state index contributed by atoms with van der Waals surface area (Å²) in [7, 11) is 0. The minimum atomic E-state index is -0.310. The van der Waals surface area contributed by atoms with Crippen LogP contribution in [0.25, 0.3) is 110 Å². The highest BCUT2D eigenvalue weighted by Crippen LogP contribution is 2.56. The first kappa shape index (κ1) is 63.1. The SMILES string of the molecule is CC1(Cc2ccc3c(c2)sc2c(N4B5c6c(cccc6-c6ccccc64)-c4ccccc4N5c4ccccc4)cccc23)c2ccccc2-c2c(/C=C(/Cc3ccc(-c4ccc(N5B6c7c(cccc7-c7ccccc75)-c5ccccc5N6c5ccccc5)cc4)cc3)c3ccc(-c4ccccc4)cc3)cccc21. The number of fused-ring (bicyclic) bond motifs is 14. The van der Waals surface area contributed by atoms with Gasteiger partial charge in [-0.25, -0.2) is 0 Å². The van der Waals surface area contributed by atoms with Crippen LogP contribution in [-0.2, 0) is 18.3 Å². The Hall–Kier alpha value is -13.2. The van der Waals surface area contributed by atoms with E-state index in [0.29, 0.717) is 0 Å². The van der Waals surface area contributed by atoms with E-state index in [1.807, 2.05) is 11.3 Å². The Kier molecular flexibility index (Phi) is 14.6. The molecule has 5 aliphatic rings. The maximum atomic E-state index is 2.65. The monoisotopic (exact) mass is 1400 g/mol. The lowest BCUT2D eigenvalue weighted by molar-refractivity contribution is 0.583. The molecule has 0 radical (unpaired) electrons. The molecule has 22 rings (SSSR count). The minimum Gasteiger partial charge on any atom is -0.361 e. The van der Waals surface area contributed by atoms with Crippen molar-refractivity contribution in [2.75, 3.05) is 19.2 Å². The van der Waals surface area contributed by atoms with Crippen LogP contribution in [0.5, 0.6) is 0 Å². The molecule has 0 spiro atoms. The highest BCUT2D eigenvalue weighted by molar-refractivity contribution is 7.26. The van der Waals surface area contributed by atoms with Crippen molar-refractivity contribution in [3.8, 4) is 77.9 Å². The van der Waals surface area contributed by atoms with Gasteiger partial charge in [0.15, 0.2) is 0 Å². The number of anilines is 8. The predicted octanol–water partition coefficient (Wildman–Crippen LogP) is 25.4. The van der Waals surface area contributed by atoms with Gasteiger partial charge in [-0.15, -0.1) is 11.3 Å². The molecule has 109 heavy (non-hydrogen) atoms. The number of rotatable bonds is 12. The van der Waals surface area contributed by atoms with Crippen molar-refractivity contribution in [2.45, 2.75) is 25.2 Å². The van der Waals surface area contributed by atoms with Crippen LogP contribution in [0, 0.1) is 0 Å². The Bertz CT molecular complexity index is 6500. The molecule has 510 valence electrons. The average molecular weight is 1410 g/mol. The summed E-state index contributed by atoms with van der Waals surface area (Å²) in [6.45, 7) is 2.22. The normalized spacial score (nSPS) is 14.7. The summed E-state index contributed by atoms with van der Waals surface area (Å²) in [6.07, 6.45) is 4.10. The maximum Gasteiger partial charge on any atom is 0.421 e. The molecule has 7 heteroatoms. The fourth-order valence-corrected chi connectivity index (χ4v) is 20.4. The third-order valence-corrected chi connectivity index (χ3v) is 25.1. The van der Waals surface area contributed by atoms with Crippen molar-refractivity contribution < 1.29 is 0 Å². The standard InChI is InChI=1S/C102H70B2N4S/c1-102(66-68-51-62-83-88-41-24-48-96(101(88)109-97(83)64-68)108-95-47-20-15-35-82(95)87-40-23-39-86-81-34-13-18-45-93(81)106(104(108)100(86)87)77-30-9-4-10-31-77)90-42-16-11-36-89(90)98-74(27-21-43-91(98)102)65-75(73-56-54-71(55-57-73)69-25-5-2-6-26-69)63-67-49-52-70(53-50-67)72-58-60-78(61-59-72)107-94-46-19-14-33-80(94)85-38-22-37-84-79-32-12-17-44-92(79)105(103(107)99(84)85)76-28-7-3-8-29-76/h2-62,64-65H,63,66H2,1H3/b75-65-. The largest absolute Gasteiger partial charge is 0.421 e. The van der Waals surface area contributed by atoms with E-state index in [1.165, 1.54) is 176 Å². The van der Waals surface area contributed by atoms with Crippen molar-refractivity contribution in [3.05, 3.63) is 409 Å². The Morgan fingerprint density at radius 3 is 1.28 bits per heavy atom. The quantitative estimate of drug-likeness (QED) is 0.0893. The molecule has 1 atom stereocenters. The predicted molar refractivity (Wildman–Crippen MR) is 464 cm³/mol. The summed E-state index contributed by atoms with van der Waals surface area (Å²) in [4.78, 5) is 10.3. The number of hydrogen-bond donors (Lipinski definition) is 0. The van der Waals surface area contributed by atoms with Crippen LogP contribution >= 0.6 is 11.3 Å².